The third-order valence-electron chi connectivity index (χ3n) is 2.77. The fourth-order valence-electron chi connectivity index (χ4n) is 1.60. The number of carbonyl (C=O) groups is 2. The second-order valence-electron chi connectivity index (χ2n) is 4.05. The van der Waals surface area contributed by atoms with E-state index in [0.717, 1.165) is 0 Å². The van der Waals surface area contributed by atoms with E-state index in [-0.39, 0.29) is 17.1 Å². The summed E-state index contributed by atoms with van der Waals surface area (Å²) in [6.07, 6.45) is 0.341. The highest BCUT2D eigenvalue weighted by Crippen LogP contribution is 2.28. The van der Waals surface area contributed by atoms with Crippen LogP contribution in [0.4, 0.5) is 5.69 Å². The van der Waals surface area contributed by atoms with Crippen molar-refractivity contribution < 1.29 is 19.6 Å². The number of benzene rings is 1. The van der Waals surface area contributed by atoms with Gasteiger partial charge in [-0.3, -0.25) is 19.7 Å². The molecule has 0 spiro atoms. The van der Waals surface area contributed by atoms with Gasteiger partial charge in [-0.25, -0.2) is 0 Å². The SMILES string of the molecule is CCC(CNC(=O)c1cccc(Cl)c1[N+](=O)[O-])C(=O)O. The van der Waals surface area contributed by atoms with Crippen molar-refractivity contribution in [3.05, 3.63) is 38.9 Å². The van der Waals surface area contributed by atoms with Crippen LogP contribution in [0.5, 0.6) is 0 Å². The first-order valence-corrected chi connectivity index (χ1v) is 6.20. The predicted octanol–water partition coefficient (Wildman–Crippen LogP) is 2.09. The van der Waals surface area contributed by atoms with Crippen molar-refractivity contribution in [1.82, 2.24) is 5.32 Å². The topological polar surface area (TPSA) is 110 Å². The molecule has 0 radical (unpaired) electrons. The van der Waals surface area contributed by atoms with E-state index in [1.54, 1.807) is 6.92 Å². The van der Waals surface area contributed by atoms with Gasteiger partial charge >= 0.3 is 11.7 Å². The molecule has 2 N–H and O–H groups in total. The molecule has 0 saturated carbocycles. The molecule has 0 aliphatic carbocycles. The van der Waals surface area contributed by atoms with E-state index in [9.17, 15) is 19.7 Å². The highest BCUT2D eigenvalue weighted by Gasteiger charge is 2.24. The van der Waals surface area contributed by atoms with Gasteiger partial charge in [0.25, 0.3) is 5.91 Å². The summed E-state index contributed by atoms with van der Waals surface area (Å²) in [4.78, 5) is 32.9. The Labute approximate surface area is 119 Å². The minimum atomic E-state index is -1.03. The van der Waals surface area contributed by atoms with Crippen molar-refractivity contribution in [3.8, 4) is 0 Å². The first-order valence-electron chi connectivity index (χ1n) is 5.82. The number of nitro groups is 1. The molecular weight excluding hydrogens is 288 g/mol. The number of amides is 1. The summed E-state index contributed by atoms with van der Waals surface area (Å²) >= 11 is 5.69. The number of nitro benzene ring substituents is 1. The zero-order valence-electron chi connectivity index (χ0n) is 10.6. The zero-order chi connectivity index (χ0) is 15.3. The molecule has 108 valence electrons. The van der Waals surface area contributed by atoms with Gasteiger partial charge < -0.3 is 10.4 Å². The first kappa shape index (κ1) is 15.9. The van der Waals surface area contributed by atoms with Crippen LogP contribution in [0.15, 0.2) is 18.2 Å². The fraction of sp³-hybridized carbons (Fsp3) is 0.333. The number of carboxylic acid groups (broad SMARTS) is 1. The second-order valence-corrected chi connectivity index (χ2v) is 4.45. The van der Waals surface area contributed by atoms with Crippen LogP contribution in [0.1, 0.15) is 23.7 Å². The molecule has 0 heterocycles. The van der Waals surface area contributed by atoms with E-state index in [0.29, 0.717) is 6.42 Å². The Morgan fingerprint density at radius 1 is 1.50 bits per heavy atom. The molecule has 20 heavy (non-hydrogen) atoms. The third kappa shape index (κ3) is 3.67. The highest BCUT2D eigenvalue weighted by atomic mass is 35.5. The maximum Gasteiger partial charge on any atom is 0.308 e. The van der Waals surface area contributed by atoms with Gasteiger partial charge in [-0.15, -0.1) is 0 Å². The summed E-state index contributed by atoms with van der Waals surface area (Å²) in [6, 6.07) is 3.99. The maximum absolute atomic E-state index is 11.9. The Balaban J connectivity index is 2.91. The van der Waals surface area contributed by atoms with Gasteiger partial charge in [0.1, 0.15) is 10.6 Å². The quantitative estimate of drug-likeness (QED) is 0.617. The molecule has 0 fully saturated rings. The van der Waals surface area contributed by atoms with Gasteiger partial charge in [0.15, 0.2) is 0 Å². The molecule has 1 unspecified atom stereocenters. The summed E-state index contributed by atoms with van der Waals surface area (Å²) in [5, 5.41) is 22.0. The van der Waals surface area contributed by atoms with Crippen molar-refractivity contribution in [3.63, 3.8) is 0 Å². The number of hydrogen-bond donors (Lipinski definition) is 2. The minimum Gasteiger partial charge on any atom is -0.481 e. The first-order chi connectivity index (χ1) is 9.38. The Bertz CT molecular complexity index is 547. The van der Waals surface area contributed by atoms with Crippen LogP contribution in [-0.4, -0.2) is 28.5 Å². The molecule has 8 heteroatoms. The molecule has 0 aliphatic rings. The largest absolute Gasteiger partial charge is 0.481 e. The molecule has 1 atom stereocenters. The van der Waals surface area contributed by atoms with Gasteiger partial charge in [0.2, 0.25) is 0 Å². The van der Waals surface area contributed by atoms with E-state index in [1.807, 2.05) is 0 Å². The van der Waals surface area contributed by atoms with E-state index in [1.165, 1.54) is 18.2 Å². The van der Waals surface area contributed by atoms with Gasteiger partial charge in [0.05, 0.1) is 10.8 Å². The molecule has 0 saturated heterocycles. The highest BCUT2D eigenvalue weighted by molar-refractivity contribution is 6.33. The van der Waals surface area contributed by atoms with Gasteiger partial charge in [-0.05, 0) is 18.6 Å². The van der Waals surface area contributed by atoms with Gasteiger partial charge in [-0.2, -0.15) is 0 Å². The predicted molar refractivity (Wildman–Crippen MR) is 71.9 cm³/mol. The lowest BCUT2D eigenvalue weighted by Crippen LogP contribution is -2.33. The average molecular weight is 301 g/mol. The van der Waals surface area contributed by atoms with Crippen LogP contribution in [0, 0.1) is 16.0 Å². The summed E-state index contributed by atoms with van der Waals surface area (Å²) in [6.45, 7) is 1.57. The number of rotatable bonds is 6. The average Bonchev–Trinajstić information content (AvgIpc) is 2.37. The fourth-order valence-corrected chi connectivity index (χ4v) is 1.85. The van der Waals surface area contributed by atoms with Crippen LogP contribution in [0.3, 0.4) is 0 Å². The van der Waals surface area contributed by atoms with E-state index in [4.69, 9.17) is 16.7 Å². The smallest absolute Gasteiger partial charge is 0.308 e. The second kappa shape index (κ2) is 6.85. The Morgan fingerprint density at radius 3 is 2.65 bits per heavy atom. The summed E-state index contributed by atoms with van der Waals surface area (Å²) in [7, 11) is 0. The van der Waals surface area contributed by atoms with Crippen molar-refractivity contribution in [1.29, 1.82) is 0 Å². The molecule has 1 aromatic carbocycles. The zero-order valence-corrected chi connectivity index (χ0v) is 11.4. The van der Waals surface area contributed by atoms with Crippen LogP contribution in [-0.2, 0) is 4.79 Å². The maximum atomic E-state index is 11.9. The number of carbonyl (C=O) groups excluding carboxylic acids is 1. The lowest BCUT2D eigenvalue weighted by atomic mass is 10.1. The molecular formula is C12H13ClN2O5. The summed E-state index contributed by atoms with van der Waals surface area (Å²) in [5.74, 6) is -2.50. The number of aliphatic carboxylic acids is 1. The third-order valence-corrected chi connectivity index (χ3v) is 3.07. The molecule has 0 bridgehead atoms. The number of halogens is 1. The molecule has 1 aromatic rings. The van der Waals surface area contributed by atoms with Crippen molar-refractivity contribution in [2.45, 2.75) is 13.3 Å². The van der Waals surface area contributed by atoms with Gasteiger partial charge in [-0.1, -0.05) is 24.6 Å². The summed E-state index contributed by atoms with van der Waals surface area (Å²) < 4.78 is 0. The number of nitrogens with one attached hydrogen (secondary N) is 1. The monoisotopic (exact) mass is 300 g/mol. The van der Waals surface area contributed by atoms with E-state index in [2.05, 4.69) is 5.32 Å². The Morgan fingerprint density at radius 2 is 2.15 bits per heavy atom. The number of nitrogens with zero attached hydrogens (tertiary/aromatic N) is 1. The Hall–Kier alpha value is -2.15. The number of para-hydroxylation sites is 1. The normalized spacial score (nSPS) is 11.7. The lowest BCUT2D eigenvalue weighted by molar-refractivity contribution is -0.385. The van der Waals surface area contributed by atoms with E-state index >= 15 is 0 Å². The molecule has 0 aliphatic heterocycles. The minimum absolute atomic E-state index is 0.103. The van der Waals surface area contributed by atoms with Crippen molar-refractivity contribution in [2.75, 3.05) is 6.54 Å². The van der Waals surface area contributed by atoms with Crippen LogP contribution >= 0.6 is 11.6 Å². The lowest BCUT2D eigenvalue weighted by Gasteiger charge is -2.11. The van der Waals surface area contributed by atoms with Crippen LogP contribution < -0.4 is 5.32 Å². The molecule has 0 aromatic heterocycles. The molecule has 1 amide bonds. The van der Waals surface area contributed by atoms with Crippen molar-refractivity contribution in [2.24, 2.45) is 5.92 Å². The number of carboxylic acids is 1. The van der Waals surface area contributed by atoms with Crippen LogP contribution in [0.25, 0.3) is 0 Å². The standard InChI is InChI=1S/C12H13ClN2O5/c1-2-7(12(17)18)6-14-11(16)8-4-3-5-9(13)10(8)15(19)20/h3-5,7H,2,6H2,1H3,(H,14,16)(H,17,18). The molecule has 1 rings (SSSR count). The molecule has 7 nitrogen and oxygen atoms in total. The number of hydrogen-bond acceptors (Lipinski definition) is 4. The van der Waals surface area contributed by atoms with Gasteiger partial charge in [0, 0.05) is 6.54 Å². The Kier molecular flexibility index (Phi) is 5.45. The van der Waals surface area contributed by atoms with Crippen LogP contribution in [0.2, 0.25) is 5.02 Å². The van der Waals surface area contributed by atoms with E-state index < -0.39 is 28.4 Å². The van der Waals surface area contributed by atoms with Crippen molar-refractivity contribution >= 4 is 29.2 Å². The summed E-state index contributed by atoms with van der Waals surface area (Å²) in [5.41, 5.74) is -0.683.